The Labute approximate surface area is 126 Å². The SMILES string of the molecule is C[C@H](NC(=O)C(CN)CC(C)(C)C)c1ccccc1Cl. The average molecular weight is 297 g/mol. The Balaban J connectivity index is 2.71. The number of benzene rings is 1. The van der Waals surface area contributed by atoms with Gasteiger partial charge in [0.15, 0.2) is 0 Å². The van der Waals surface area contributed by atoms with Gasteiger partial charge < -0.3 is 11.1 Å². The van der Waals surface area contributed by atoms with Gasteiger partial charge in [-0.3, -0.25) is 4.79 Å². The first-order valence-corrected chi connectivity index (χ1v) is 7.37. The van der Waals surface area contributed by atoms with Gasteiger partial charge in [-0.25, -0.2) is 0 Å². The zero-order valence-corrected chi connectivity index (χ0v) is 13.5. The van der Waals surface area contributed by atoms with E-state index in [1.54, 1.807) is 0 Å². The minimum atomic E-state index is -0.167. The van der Waals surface area contributed by atoms with Crippen LogP contribution in [-0.2, 0) is 4.79 Å². The maximum Gasteiger partial charge on any atom is 0.224 e. The van der Waals surface area contributed by atoms with Gasteiger partial charge in [0.25, 0.3) is 0 Å². The van der Waals surface area contributed by atoms with Gasteiger partial charge in [0.2, 0.25) is 5.91 Å². The molecule has 1 aromatic rings. The van der Waals surface area contributed by atoms with E-state index in [0.29, 0.717) is 11.6 Å². The summed E-state index contributed by atoms with van der Waals surface area (Å²) in [6.07, 6.45) is 0.768. The number of nitrogens with two attached hydrogens (primary N) is 1. The fourth-order valence-corrected chi connectivity index (χ4v) is 2.56. The van der Waals surface area contributed by atoms with Crippen molar-refractivity contribution in [2.45, 2.75) is 40.2 Å². The number of hydrogen-bond donors (Lipinski definition) is 2. The van der Waals surface area contributed by atoms with Crippen molar-refractivity contribution in [3.63, 3.8) is 0 Å². The molecule has 0 heterocycles. The first-order valence-electron chi connectivity index (χ1n) is 6.99. The van der Waals surface area contributed by atoms with E-state index in [4.69, 9.17) is 17.3 Å². The van der Waals surface area contributed by atoms with E-state index < -0.39 is 0 Å². The predicted octanol–water partition coefficient (Wildman–Crippen LogP) is 3.53. The largest absolute Gasteiger partial charge is 0.349 e. The van der Waals surface area contributed by atoms with E-state index >= 15 is 0 Å². The molecule has 1 rings (SSSR count). The Hall–Kier alpha value is -1.06. The van der Waals surface area contributed by atoms with Crippen molar-refractivity contribution in [1.82, 2.24) is 5.32 Å². The van der Waals surface area contributed by atoms with Crippen LogP contribution in [0.4, 0.5) is 0 Å². The van der Waals surface area contributed by atoms with Crippen LogP contribution in [0.15, 0.2) is 24.3 Å². The standard InChI is InChI=1S/C16H25ClN2O/c1-11(13-7-5-6-8-14(13)17)19-15(20)12(10-18)9-16(2,3)4/h5-8,11-12H,9-10,18H2,1-4H3,(H,19,20)/t11-,12?/m0/s1. The van der Waals surface area contributed by atoms with Crippen molar-refractivity contribution >= 4 is 17.5 Å². The molecule has 0 radical (unpaired) electrons. The summed E-state index contributed by atoms with van der Waals surface area (Å²) in [5.41, 5.74) is 6.74. The Bertz CT molecular complexity index is 454. The molecule has 20 heavy (non-hydrogen) atoms. The molecule has 0 saturated heterocycles. The number of amides is 1. The van der Waals surface area contributed by atoms with E-state index in [9.17, 15) is 4.79 Å². The highest BCUT2D eigenvalue weighted by Gasteiger charge is 2.25. The zero-order chi connectivity index (χ0) is 15.3. The van der Waals surface area contributed by atoms with Crippen molar-refractivity contribution in [3.05, 3.63) is 34.9 Å². The van der Waals surface area contributed by atoms with E-state index in [-0.39, 0.29) is 23.3 Å². The summed E-state index contributed by atoms with van der Waals surface area (Å²) >= 11 is 6.15. The average Bonchev–Trinajstić information content (AvgIpc) is 2.35. The van der Waals surface area contributed by atoms with Crippen LogP contribution >= 0.6 is 11.6 Å². The molecule has 0 aromatic heterocycles. The first kappa shape index (κ1) is 17.0. The van der Waals surface area contributed by atoms with Crippen LogP contribution in [0.25, 0.3) is 0 Å². The molecule has 1 aromatic carbocycles. The van der Waals surface area contributed by atoms with Crippen molar-refractivity contribution in [2.24, 2.45) is 17.1 Å². The van der Waals surface area contributed by atoms with Crippen LogP contribution in [0.1, 0.15) is 45.7 Å². The Morgan fingerprint density at radius 3 is 2.45 bits per heavy atom. The summed E-state index contributed by atoms with van der Waals surface area (Å²) in [7, 11) is 0. The molecular formula is C16H25ClN2O. The van der Waals surface area contributed by atoms with Crippen molar-refractivity contribution < 1.29 is 4.79 Å². The van der Waals surface area contributed by atoms with E-state index in [0.717, 1.165) is 12.0 Å². The van der Waals surface area contributed by atoms with Gasteiger partial charge in [0.05, 0.1) is 12.0 Å². The molecule has 0 aliphatic carbocycles. The van der Waals surface area contributed by atoms with Gasteiger partial charge in [-0.1, -0.05) is 50.6 Å². The highest BCUT2D eigenvalue weighted by Crippen LogP contribution is 2.26. The zero-order valence-electron chi connectivity index (χ0n) is 12.7. The lowest BCUT2D eigenvalue weighted by Gasteiger charge is -2.26. The van der Waals surface area contributed by atoms with E-state index in [1.165, 1.54) is 0 Å². The second-order valence-electron chi connectivity index (χ2n) is 6.45. The highest BCUT2D eigenvalue weighted by molar-refractivity contribution is 6.31. The van der Waals surface area contributed by atoms with Gasteiger partial charge in [0.1, 0.15) is 0 Å². The van der Waals surface area contributed by atoms with Gasteiger partial charge >= 0.3 is 0 Å². The van der Waals surface area contributed by atoms with Crippen molar-refractivity contribution in [2.75, 3.05) is 6.54 Å². The third-order valence-electron chi connectivity index (χ3n) is 3.24. The molecule has 0 aliphatic rings. The minimum Gasteiger partial charge on any atom is -0.349 e. The maximum atomic E-state index is 12.3. The molecule has 2 atom stereocenters. The number of nitrogens with one attached hydrogen (secondary N) is 1. The van der Waals surface area contributed by atoms with Crippen LogP contribution in [-0.4, -0.2) is 12.5 Å². The van der Waals surface area contributed by atoms with Crippen LogP contribution in [0.5, 0.6) is 0 Å². The molecular weight excluding hydrogens is 272 g/mol. The maximum absolute atomic E-state index is 12.3. The Morgan fingerprint density at radius 1 is 1.35 bits per heavy atom. The fraction of sp³-hybridized carbons (Fsp3) is 0.562. The summed E-state index contributed by atoms with van der Waals surface area (Å²) in [5.74, 6) is -0.171. The summed E-state index contributed by atoms with van der Waals surface area (Å²) in [5, 5.41) is 3.67. The van der Waals surface area contributed by atoms with Crippen molar-refractivity contribution in [3.8, 4) is 0 Å². The van der Waals surface area contributed by atoms with Crippen LogP contribution < -0.4 is 11.1 Å². The molecule has 0 spiro atoms. The summed E-state index contributed by atoms with van der Waals surface area (Å²) < 4.78 is 0. The summed E-state index contributed by atoms with van der Waals surface area (Å²) in [6, 6.07) is 7.43. The quantitative estimate of drug-likeness (QED) is 0.873. The highest BCUT2D eigenvalue weighted by atomic mass is 35.5. The lowest BCUT2D eigenvalue weighted by atomic mass is 9.84. The van der Waals surface area contributed by atoms with Gasteiger partial charge in [-0.2, -0.15) is 0 Å². The first-order chi connectivity index (χ1) is 9.24. The third-order valence-corrected chi connectivity index (χ3v) is 3.59. The molecule has 112 valence electrons. The number of halogens is 1. The summed E-state index contributed by atoms with van der Waals surface area (Å²) in [4.78, 5) is 12.3. The predicted molar refractivity (Wildman–Crippen MR) is 84.6 cm³/mol. The molecule has 0 fully saturated rings. The van der Waals surface area contributed by atoms with Gasteiger partial charge in [-0.05, 0) is 30.4 Å². The molecule has 0 aliphatic heterocycles. The lowest BCUT2D eigenvalue weighted by Crippen LogP contribution is -2.38. The molecule has 3 nitrogen and oxygen atoms in total. The topological polar surface area (TPSA) is 55.1 Å². The smallest absolute Gasteiger partial charge is 0.224 e. The fourth-order valence-electron chi connectivity index (χ4n) is 2.26. The van der Waals surface area contributed by atoms with Crippen LogP contribution in [0.2, 0.25) is 5.02 Å². The van der Waals surface area contributed by atoms with Gasteiger partial charge in [-0.15, -0.1) is 0 Å². The second-order valence-corrected chi connectivity index (χ2v) is 6.86. The van der Waals surface area contributed by atoms with E-state index in [1.807, 2.05) is 31.2 Å². The molecule has 3 N–H and O–H groups in total. The Morgan fingerprint density at radius 2 is 1.95 bits per heavy atom. The molecule has 4 heteroatoms. The minimum absolute atomic E-state index is 0.00477. The normalized spacial score (nSPS) is 14.7. The number of carbonyl (C=O) groups excluding carboxylic acids is 1. The molecule has 1 amide bonds. The molecule has 0 saturated carbocycles. The van der Waals surface area contributed by atoms with Crippen LogP contribution in [0.3, 0.4) is 0 Å². The van der Waals surface area contributed by atoms with Gasteiger partial charge in [0, 0.05) is 11.6 Å². The molecule has 0 bridgehead atoms. The van der Waals surface area contributed by atoms with Crippen molar-refractivity contribution in [1.29, 1.82) is 0 Å². The number of carbonyl (C=O) groups is 1. The van der Waals surface area contributed by atoms with E-state index in [2.05, 4.69) is 26.1 Å². The lowest BCUT2D eigenvalue weighted by molar-refractivity contribution is -0.126. The van der Waals surface area contributed by atoms with Crippen LogP contribution in [0, 0.1) is 11.3 Å². The molecule has 1 unspecified atom stereocenters. The monoisotopic (exact) mass is 296 g/mol. The Kier molecular flexibility index (Phi) is 6.03. The number of rotatable bonds is 5. The third kappa shape index (κ3) is 5.14. The summed E-state index contributed by atoms with van der Waals surface area (Å²) in [6.45, 7) is 8.63. The second kappa shape index (κ2) is 7.09. The number of hydrogen-bond acceptors (Lipinski definition) is 2.